The molecular weight excluding hydrogens is 320 g/mol. The van der Waals surface area contributed by atoms with E-state index in [0.29, 0.717) is 4.90 Å². The first-order valence-electron chi connectivity index (χ1n) is 6.80. The molecule has 6 nitrogen and oxygen atoms in total. The van der Waals surface area contributed by atoms with Gasteiger partial charge in [0, 0.05) is 32.2 Å². The summed E-state index contributed by atoms with van der Waals surface area (Å²) in [6, 6.07) is 0.487. The van der Waals surface area contributed by atoms with Crippen LogP contribution < -0.4 is 5.32 Å². The van der Waals surface area contributed by atoms with Crippen molar-refractivity contribution >= 4 is 17.6 Å². The Morgan fingerprint density at radius 1 is 1.09 bits per heavy atom. The molecule has 1 fully saturated rings. The van der Waals surface area contributed by atoms with Crippen molar-refractivity contribution in [3.63, 3.8) is 0 Å². The van der Waals surface area contributed by atoms with Gasteiger partial charge in [0.15, 0.2) is 0 Å². The maximum atomic E-state index is 13.0. The Labute approximate surface area is 129 Å². The van der Waals surface area contributed by atoms with Gasteiger partial charge in [-0.3, -0.25) is 9.78 Å². The molecule has 0 spiro atoms. The highest BCUT2D eigenvalue weighted by Gasteiger charge is 2.42. The molecule has 10 heteroatoms. The zero-order valence-corrected chi connectivity index (χ0v) is 11.9. The average Bonchev–Trinajstić information content (AvgIpc) is 2.71. The van der Waals surface area contributed by atoms with Crippen LogP contribution in [0.15, 0.2) is 18.5 Å². The first kappa shape index (κ1) is 17.0. The number of anilines is 1. The van der Waals surface area contributed by atoms with Gasteiger partial charge in [-0.05, 0) is 6.42 Å². The van der Waals surface area contributed by atoms with Gasteiger partial charge < -0.3 is 15.1 Å². The van der Waals surface area contributed by atoms with Crippen LogP contribution in [0.25, 0.3) is 0 Å². The summed E-state index contributed by atoms with van der Waals surface area (Å²) in [5.74, 6) is -2.53. The summed E-state index contributed by atoms with van der Waals surface area (Å²) in [4.78, 5) is 28.8. The summed E-state index contributed by atoms with van der Waals surface area (Å²) in [6.07, 6.45) is -2.48. The third kappa shape index (κ3) is 4.54. The molecule has 1 aliphatic rings. The molecule has 0 aromatic carbocycles. The minimum absolute atomic E-state index is 0.0452. The van der Waals surface area contributed by atoms with Crippen LogP contribution in [0.3, 0.4) is 0 Å². The highest BCUT2D eigenvalue weighted by molar-refractivity contribution is 5.89. The first-order chi connectivity index (χ1) is 10.8. The van der Waals surface area contributed by atoms with Crippen molar-refractivity contribution in [1.82, 2.24) is 14.8 Å². The van der Waals surface area contributed by atoms with E-state index in [2.05, 4.69) is 10.3 Å². The second-order valence-electron chi connectivity index (χ2n) is 4.95. The number of urea groups is 1. The number of nitrogens with zero attached hydrogens (tertiary/aromatic N) is 3. The number of pyridine rings is 1. The van der Waals surface area contributed by atoms with Crippen LogP contribution in [0.2, 0.25) is 0 Å². The zero-order chi connectivity index (χ0) is 17.0. The van der Waals surface area contributed by atoms with E-state index in [1.807, 2.05) is 0 Å². The molecule has 1 aromatic rings. The van der Waals surface area contributed by atoms with E-state index in [4.69, 9.17) is 0 Å². The average molecular weight is 334 g/mol. The highest BCUT2D eigenvalue weighted by atomic mass is 19.4. The van der Waals surface area contributed by atoms with Crippen LogP contribution in [0.4, 0.5) is 28.0 Å². The van der Waals surface area contributed by atoms with Crippen molar-refractivity contribution < 1.29 is 27.2 Å². The van der Waals surface area contributed by atoms with E-state index in [9.17, 15) is 27.2 Å². The smallest absolute Gasteiger partial charge is 0.333 e. The van der Waals surface area contributed by atoms with Crippen LogP contribution >= 0.6 is 0 Å². The van der Waals surface area contributed by atoms with Gasteiger partial charge in [0.25, 0.3) is 0 Å². The van der Waals surface area contributed by atoms with Crippen LogP contribution in [0, 0.1) is 5.82 Å². The zero-order valence-electron chi connectivity index (χ0n) is 11.9. The SMILES string of the molecule is O=C(Nc1cncc(F)c1)N1CCCN(C(=O)C(F)(F)F)CC1. The lowest BCUT2D eigenvalue weighted by Gasteiger charge is -2.23. The van der Waals surface area contributed by atoms with E-state index >= 15 is 0 Å². The summed E-state index contributed by atoms with van der Waals surface area (Å²) in [5, 5.41) is 2.41. The topological polar surface area (TPSA) is 65.5 Å². The quantitative estimate of drug-likeness (QED) is 0.797. The Morgan fingerprint density at radius 2 is 1.74 bits per heavy atom. The monoisotopic (exact) mass is 334 g/mol. The van der Waals surface area contributed by atoms with E-state index in [1.54, 1.807) is 0 Å². The lowest BCUT2D eigenvalue weighted by Crippen LogP contribution is -2.44. The van der Waals surface area contributed by atoms with Crippen molar-refractivity contribution in [1.29, 1.82) is 0 Å². The van der Waals surface area contributed by atoms with E-state index < -0.39 is 23.9 Å². The number of carbonyl (C=O) groups excluding carboxylic acids is 2. The maximum absolute atomic E-state index is 13.0. The summed E-state index contributed by atoms with van der Waals surface area (Å²) in [7, 11) is 0. The number of alkyl halides is 3. The summed E-state index contributed by atoms with van der Waals surface area (Å²) < 4.78 is 50.3. The van der Waals surface area contributed by atoms with Crippen molar-refractivity contribution in [3.05, 3.63) is 24.3 Å². The van der Waals surface area contributed by atoms with Gasteiger partial charge in [-0.25, -0.2) is 9.18 Å². The molecule has 0 radical (unpaired) electrons. The van der Waals surface area contributed by atoms with Crippen molar-refractivity contribution in [2.75, 3.05) is 31.5 Å². The molecule has 1 saturated heterocycles. The van der Waals surface area contributed by atoms with Crippen LogP contribution in [-0.2, 0) is 4.79 Å². The van der Waals surface area contributed by atoms with Gasteiger partial charge in [0.2, 0.25) is 0 Å². The number of hydrogen-bond acceptors (Lipinski definition) is 3. The number of nitrogens with one attached hydrogen (secondary N) is 1. The van der Waals surface area contributed by atoms with Gasteiger partial charge in [-0.15, -0.1) is 0 Å². The van der Waals surface area contributed by atoms with Crippen molar-refractivity contribution in [2.45, 2.75) is 12.6 Å². The van der Waals surface area contributed by atoms with Gasteiger partial charge in [-0.2, -0.15) is 13.2 Å². The van der Waals surface area contributed by atoms with Crippen LogP contribution in [-0.4, -0.2) is 59.1 Å². The molecule has 0 unspecified atom stereocenters. The fourth-order valence-corrected chi connectivity index (χ4v) is 2.19. The Balaban J connectivity index is 1.95. The second kappa shape index (κ2) is 6.80. The van der Waals surface area contributed by atoms with E-state index in [-0.39, 0.29) is 38.3 Å². The van der Waals surface area contributed by atoms with Gasteiger partial charge in [0.05, 0.1) is 18.1 Å². The first-order valence-corrected chi connectivity index (χ1v) is 6.80. The third-order valence-electron chi connectivity index (χ3n) is 3.27. The Kier molecular flexibility index (Phi) is 5.02. The minimum Gasteiger partial charge on any atom is -0.333 e. The Morgan fingerprint density at radius 3 is 2.39 bits per heavy atom. The lowest BCUT2D eigenvalue weighted by atomic mass is 10.3. The van der Waals surface area contributed by atoms with Crippen molar-refractivity contribution in [3.8, 4) is 0 Å². The minimum atomic E-state index is -4.93. The maximum Gasteiger partial charge on any atom is 0.471 e. The van der Waals surface area contributed by atoms with Crippen LogP contribution in [0.5, 0.6) is 0 Å². The summed E-state index contributed by atoms with van der Waals surface area (Å²) in [5.41, 5.74) is 0.141. The number of amides is 3. The molecule has 126 valence electrons. The van der Waals surface area contributed by atoms with E-state index in [1.165, 1.54) is 11.1 Å². The molecule has 0 aliphatic carbocycles. The normalized spacial score (nSPS) is 16.0. The lowest BCUT2D eigenvalue weighted by molar-refractivity contribution is -0.185. The number of halogens is 4. The molecule has 3 amide bonds. The third-order valence-corrected chi connectivity index (χ3v) is 3.27. The largest absolute Gasteiger partial charge is 0.471 e. The van der Waals surface area contributed by atoms with Gasteiger partial charge >= 0.3 is 18.1 Å². The molecule has 1 aromatic heterocycles. The molecule has 0 atom stereocenters. The van der Waals surface area contributed by atoms with Gasteiger partial charge in [-0.1, -0.05) is 0 Å². The Hall–Kier alpha value is -2.39. The number of hydrogen-bond donors (Lipinski definition) is 1. The molecule has 23 heavy (non-hydrogen) atoms. The molecule has 0 saturated carbocycles. The van der Waals surface area contributed by atoms with Crippen molar-refractivity contribution in [2.24, 2.45) is 0 Å². The molecule has 2 heterocycles. The number of rotatable bonds is 1. The molecule has 1 N–H and O–H groups in total. The summed E-state index contributed by atoms with van der Waals surface area (Å²) in [6.45, 7) is -0.149. The summed E-state index contributed by atoms with van der Waals surface area (Å²) >= 11 is 0. The number of carbonyl (C=O) groups is 2. The molecule has 1 aliphatic heterocycles. The highest BCUT2D eigenvalue weighted by Crippen LogP contribution is 2.19. The standard InChI is InChI=1S/C13H14F4N4O2/c14-9-6-10(8-18-7-9)19-12(23)21-3-1-2-20(4-5-21)11(22)13(15,16)17/h6-8H,1-5H2,(H,19,23). The van der Waals surface area contributed by atoms with E-state index in [0.717, 1.165) is 12.3 Å². The predicted molar refractivity (Wildman–Crippen MR) is 72.0 cm³/mol. The van der Waals surface area contributed by atoms with Gasteiger partial charge in [0.1, 0.15) is 5.82 Å². The number of aromatic nitrogens is 1. The predicted octanol–water partition coefficient (Wildman–Crippen LogP) is 1.85. The van der Waals surface area contributed by atoms with Crippen LogP contribution in [0.1, 0.15) is 6.42 Å². The fraction of sp³-hybridized carbons (Fsp3) is 0.462. The molecular formula is C13H14F4N4O2. The molecule has 0 bridgehead atoms. The Bertz CT molecular complexity index is 594. The molecule has 2 rings (SSSR count). The fourth-order valence-electron chi connectivity index (χ4n) is 2.19. The second-order valence-corrected chi connectivity index (χ2v) is 4.95.